The lowest BCUT2D eigenvalue weighted by Crippen LogP contribution is -2.58. The molecule has 6 aliphatic heterocycles. The Kier molecular flexibility index (Phi) is 20.5. The van der Waals surface area contributed by atoms with Gasteiger partial charge in [-0.3, -0.25) is 13.7 Å². The molecule has 682 valence electrons. The maximum atomic E-state index is 5.36. The van der Waals surface area contributed by atoms with E-state index in [0.29, 0.717) is 0 Å². The van der Waals surface area contributed by atoms with Gasteiger partial charge in [-0.1, -0.05) is 355 Å². The highest BCUT2D eigenvalue weighted by atomic mass is 32.2. The third-order valence-corrected chi connectivity index (χ3v) is 32.9. The highest BCUT2D eigenvalue weighted by Gasteiger charge is 2.45. The molecule has 4 aromatic heterocycles. The van der Waals surface area contributed by atoms with E-state index in [1.807, 2.05) is 41.6 Å². The van der Waals surface area contributed by atoms with Crippen LogP contribution in [0.4, 0.5) is 68.2 Å². The van der Waals surface area contributed by atoms with Crippen molar-refractivity contribution in [3.63, 3.8) is 0 Å². The van der Waals surface area contributed by atoms with Crippen LogP contribution in [0.5, 0.6) is 0 Å². The van der Waals surface area contributed by atoms with E-state index in [1.54, 1.807) is 0 Å². The monoisotopic (exact) mass is 1920 g/mol. The molecule has 11 nitrogen and oxygen atoms in total. The molecule has 146 heavy (non-hydrogen) atoms. The van der Waals surface area contributed by atoms with Gasteiger partial charge in [0.1, 0.15) is 18.0 Å². The smallest absolute Gasteiger partial charge is 0.249 e. The molecule has 0 saturated carbocycles. The van der Waals surface area contributed by atoms with Gasteiger partial charge in [0.2, 0.25) is 20.1 Å². The Labute approximate surface area is 858 Å². The molecule has 31 rings (SSSR count). The van der Waals surface area contributed by atoms with Crippen LogP contribution in [0.3, 0.4) is 0 Å². The number of benzene rings is 21. The largest absolute Gasteiger partial charge is 0.310 e. The van der Waals surface area contributed by atoms with Gasteiger partial charge in [0.05, 0.1) is 44.1 Å². The molecule has 0 unspecified atom stereocenters. The van der Waals surface area contributed by atoms with Gasteiger partial charge < -0.3 is 24.2 Å². The van der Waals surface area contributed by atoms with E-state index in [0.717, 1.165) is 113 Å². The quantitative estimate of drug-likeness (QED) is 0.0927. The van der Waals surface area contributed by atoms with E-state index in [2.05, 4.69) is 541 Å². The number of hydrogen-bond donors (Lipinski definition) is 0. The average Bonchev–Trinajstić information content (AvgIpc) is 1.70. The van der Waals surface area contributed by atoms with Crippen LogP contribution in [0.2, 0.25) is 0 Å². The summed E-state index contributed by atoms with van der Waals surface area (Å²) >= 11 is 5.64. The van der Waals surface area contributed by atoms with E-state index in [1.165, 1.54) is 134 Å². The molecule has 25 aromatic rings. The summed E-state index contributed by atoms with van der Waals surface area (Å²) in [5, 5.41) is 2.53. The van der Waals surface area contributed by atoms with Crippen LogP contribution in [0, 0.1) is 0 Å². The highest BCUT2D eigenvalue weighted by molar-refractivity contribution is 8.00. The first-order valence-corrected chi connectivity index (χ1v) is 52.1. The number of anilines is 12. The predicted octanol–water partition coefficient (Wildman–Crippen LogP) is 27.3. The van der Waals surface area contributed by atoms with Crippen LogP contribution >= 0.6 is 35.3 Å². The van der Waals surface area contributed by atoms with Crippen LogP contribution < -0.4 is 68.8 Å². The van der Waals surface area contributed by atoms with E-state index < -0.39 is 0 Å². The minimum Gasteiger partial charge on any atom is -0.310 e. The molecule has 0 fully saturated rings. The van der Waals surface area contributed by atoms with Gasteiger partial charge in [-0.05, 0) is 233 Å². The normalized spacial score (nSPS) is 12.5. The zero-order valence-corrected chi connectivity index (χ0v) is 81.3. The fourth-order valence-electron chi connectivity index (χ4n) is 23.4. The molecule has 0 N–H and O–H groups in total. The first-order chi connectivity index (χ1) is 72.5. The molecule has 0 saturated heterocycles. The zero-order valence-electron chi connectivity index (χ0n) is 78.9. The number of imidazole rings is 3. The van der Waals surface area contributed by atoms with E-state index in [9.17, 15) is 0 Å². The Morgan fingerprint density at radius 2 is 0.527 bits per heavy atom. The topological polar surface area (TPSA) is 71.4 Å². The van der Waals surface area contributed by atoms with Crippen LogP contribution in [-0.2, 0) is 0 Å². The average molecular weight is 1920 g/mol. The van der Waals surface area contributed by atoms with Gasteiger partial charge in [-0.25, -0.2) is 15.0 Å². The van der Waals surface area contributed by atoms with Crippen molar-refractivity contribution in [3.05, 3.63) is 510 Å². The lowest BCUT2D eigenvalue weighted by atomic mass is 9.35. The first kappa shape index (κ1) is 85.1. The molecule has 0 amide bonds. The summed E-state index contributed by atoms with van der Waals surface area (Å²) in [5.41, 5.74) is 41.6. The van der Waals surface area contributed by atoms with Crippen molar-refractivity contribution in [2.45, 2.75) is 29.4 Å². The number of para-hydroxylation sites is 13. The Balaban J connectivity index is 0.000000105. The van der Waals surface area contributed by atoms with Crippen molar-refractivity contribution >= 4 is 228 Å². The summed E-state index contributed by atoms with van der Waals surface area (Å²) in [4.78, 5) is 32.6. The third kappa shape index (κ3) is 14.0. The van der Waals surface area contributed by atoms with E-state index in [-0.39, 0.29) is 20.1 Å². The minimum atomic E-state index is 0.0460. The minimum absolute atomic E-state index is 0.0460. The maximum absolute atomic E-state index is 5.36. The molecule has 17 heteroatoms. The second kappa shape index (κ2) is 35.2. The Hall–Kier alpha value is -17.7. The second-order valence-electron chi connectivity index (χ2n) is 37.6. The van der Waals surface area contributed by atoms with E-state index in [4.69, 9.17) is 15.0 Å². The molecule has 0 spiro atoms. The van der Waals surface area contributed by atoms with Gasteiger partial charge in [0.15, 0.2) is 0 Å². The van der Waals surface area contributed by atoms with Crippen molar-refractivity contribution in [3.8, 4) is 45.5 Å². The maximum Gasteiger partial charge on any atom is 0.249 e. The van der Waals surface area contributed by atoms with Crippen LogP contribution in [0.25, 0.3) is 100 Å². The zero-order chi connectivity index (χ0) is 96.0. The van der Waals surface area contributed by atoms with Gasteiger partial charge in [0.25, 0.3) is 0 Å². The van der Waals surface area contributed by atoms with Gasteiger partial charge in [0, 0.05) is 142 Å². The van der Waals surface area contributed by atoms with Crippen molar-refractivity contribution in [1.29, 1.82) is 0 Å². The molecule has 0 bridgehead atoms. The number of fused-ring (bicyclic) bond motifs is 15. The SMILES string of the molecule is c1ccc(-c2nc3cccc4c3n2-c2cc(N(c3ccccc3)c3ccccc3)cc3c2B4c2ccc(N(c4ccccc4)c4ccccc4)cc2S3)cc1.c1ccc(-c2nc3cccc4c3n2-c2cccc3c2B4c2ccc(N(c4ccccc4)c4ccccc4)cc2S3)cc1.c1ccc(N(c2ccccc2)c2ccc3c(c2)Sc2cc(-n4c5ccccc5c5ccccc54)cc4c2B3c2cccc3ncn-4c23)cc1. The van der Waals surface area contributed by atoms with E-state index >= 15 is 0 Å². The number of aromatic nitrogens is 7. The predicted molar refractivity (Wildman–Crippen MR) is 613 cm³/mol. The third-order valence-electron chi connectivity index (χ3n) is 29.4. The summed E-state index contributed by atoms with van der Waals surface area (Å²) < 4.78 is 9.58. The number of rotatable bonds is 15. The second-order valence-corrected chi connectivity index (χ2v) is 40.9. The van der Waals surface area contributed by atoms with Crippen molar-refractivity contribution in [2.24, 2.45) is 0 Å². The summed E-state index contributed by atoms with van der Waals surface area (Å²) in [6.45, 7) is 0.307. The number of nitrogens with zero attached hydrogens (tertiary/aromatic N) is 11. The summed E-state index contributed by atoms with van der Waals surface area (Å²) in [6, 6.07) is 181. The molecule has 0 aliphatic carbocycles. The Morgan fingerprint density at radius 1 is 0.205 bits per heavy atom. The molecule has 6 aliphatic rings. The molecule has 10 heterocycles. The summed E-state index contributed by atoms with van der Waals surface area (Å²) in [7, 11) is 0. The van der Waals surface area contributed by atoms with Crippen molar-refractivity contribution in [1.82, 2.24) is 33.2 Å². The van der Waals surface area contributed by atoms with Gasteiger partial charge >= 0.3 is 0 Å². The Morgan fingerprint density at radius 3 is 0.938 bits per heavy atom. The molecule has 0 atom stereocenters. The summed E-state index contributed by atoms with van der Waals surface area (Å²) in [6.07, 6.45) is 2.01. The Bertz CT molecular complexity index is 9250. The van der Waals surface area contributed by atoms with Crippen LogP contribution in [-0.4, -0.2) is 53.4 Å². The summed E-state index contributed by atoms with van der Waals surface area (Å²) in [5.74, 6) is 1.96. The number of hydrogen-bond acceptors (Lipinski definition) is 10. The molecular weight excluding hydrogens is 1830 g/mol. The molecule has 0 radical (unpaired) electrons. The lowest BCUT2D eigenvalue weighted by molar-refractivity contribution is 1.07. The molecule has 21 aromatic carbocycles. The van der Waals surface area contributed by atoms with Crippen LogP contribution in [0.15, 0.2) is 539 Å². The molecular formula is C129H84B3N11S3. The lowest BCUT2D eigenvalue weighted by Gasteiger charge is -2.36. The fourth-order valence-corrected chi connectivity index (χ4v) is 27.0. The first-order valence-electron chi connectivity index (χ1n) is 49.6. The highest BCUT2D eigenvalue weighted by Crippen LogP contribution is 2.50. The van der Waals surface area contributed by atoms with Gasteiger partial charge in [-0.15, -0.1) is 0 Å². The standard InChI is InChI=1S/C49H33BN4S.C43H27BN4S.C37H24BN3S/c1-6-17-34(18-7-1)49-51-43-28-16-27-42-48(43)54(49)44-31-40(53(37-23-12-4-13-24-37)38-25-14-5-15-26-38)33-46-47(44)50(42)41-30-29-39(32-45(41)55-46)52(35-19-8-2-9-20-35)36-21-10-3-11-22-36;1-3-12-28(13-4-1)47(29-14-5-2-6-15-29)30-22-23-34-40(25-30)49-41-26-31(48-37-20-9-7-16-32(37)33-17-8-10-21-38(33)48)24-39-42(41)44(34)35-18-11-19-36-43(35)46(39)27-45-36;1-4-12-25(13-5-1)37-39-31-19-10-18-30-36(31)41(37)32-20-11-21-33-35(32)38(30)29-23-22-28(24-34(29)42-33)40(26-14-6-2-7-15-26)27-16-8-3-9-17-27/h1-33H;1-27H;1-24H. The van der Waals surface area contributed by atoms with Gasteiger partial charge in [-0.2, -0.15) is 0 Å². The van der Waals surface area contributed by atoms with Crippen LogP contribution in [0.1, 0.15) is 0 Å². The fraction of sp³-hybridized carbons (Fsp3) is 0. The van der Waals surface area contributed by atoms with Crippen molar-refractivity contribution in [2.75, 3.05) is 19.6 Å². The van der Waals surface area contributed by atoms with Crippen molar-refractivity contribution < 1.29 is 0 Å².